The summed E-state index contributed by atoms with van der Waals surface area (Å²) in [6.45, 7) is 5.98. The second-order valence-corrected chi connectivity index (χ2v) is 6.09. The summed E-state index contributed by atoms with van der Waals surface area (Å²) in [6, 6.07) is 7.60. The Labute approximate surface area is 132 Å². The molecule has 4 heteroatoms. The lowest BCUT2D eigenvalue weighted by atomic mass is 9.89. The monoisotopic (exact) mass is 305 g/mol. The molecule has 0 bridgehead atoms. The van der Waals surface area contributed by atoms with Crippen molar-refractivity contribution in [1.82, 2.24) is 5.32 Å². The van der Waals surface area contributed by atoms with Crippen LogP contribution in [0.3, 0.4) is 0 Å². The molecule has 2 rings (SSSR count). The third kappa shape index (κ3) is 4.55. The number of hydrogen-bond donors (Lipinski definition) is 2. The number of carbonyl (C=O) groups is 1. The number of benzene rings is 1. The molecule has 1 fully saturated rings. The Kier molecular flexibility index (Phi) is 6.40. The van der Waals surface area contributed by atoms with Crippen molar-refractivity contribution < 1.29 is 14.6 Å². The van der Waals surface area contributed by atoms with Gasteiger partial charge in [0.1, 0.15) is 0 Å². The van der Waals surface area contributed by atoms with E-state index in [1.165, 1.54) is 0 Å². The molecule has 1 heterocycles. The van der Waals surface area contributed by atoms with Crippen LogP contribution in [0.4, 0.5) is 0 Å². The van der Waals surface area contributed by atoms with Gasteiger partial charge in [-0.2, -0.15) is 0 Å². The van der Waals surface area contributed by atoms with Crippen molar-refractivity contribution in [2.24, 2.45) is 5.92 Å². The van der Waals surface area contributed by atoms with E-state index in [9.17, 15) is 4.79 Å². The van der Waals surface area contributed by atoms with Crippen LogP contribution in [0.15, 0.2) is 24.3 Å². The van der Waals surface area contributed by atoms with Gasteiger partial charge in [-0.25, -0.2) is 4.79 Å². The zero-order valence-electron chi connectivity index (χ0n) is 13.5. The van der Waals surface area contributed by atoms with Gasteiger partial charge in [0, 0.05) is 19.2 Å². The number of rotatable bonds is 7. The summed E-state index contributed by atoms with van der Waals surface area (Å²) in [5.41, 5.74) is 1.37. The van der Waals surface area contributed by atoms with Gasteiger partial charge in [-0.1, -0.05) is 38.8 Å². The second kappa shape index (κ2) is 8.30. The summed E-state index contributed by atoms with van der Waals surface area (Å²) in [7, 11) is 0. The largest absolute Gasteiger partial charge is 0.478 e. The Balaban J connectivity index is 1.88. The molecule has 0 amide bonds. The lowest BCUT2D eigenvalue weighted by Crippen LogP contribution is -2.41. The molecule has 1 aliphatic rings. The third-order valence-corrected chi connectivity index (χ3v) is 4.66. The van der Waals surface area contributed by atoms with E-state index in [1.54, 1.807) is 18.2 Å². The van der Waals surface area contributed by atoms with Gasteiger partial charge in [-0.3, -0.25) is 0 Å². The Morgan fingerprint density at radius 3 is 2.86 bits per heavy atom. The zero-order valence-corrected chi connectivity index (χ0v) is 13.5. The van der Waals surface area contributed by atoms with Crippen molar-refractivity contribution in [3.05, 3.63) is 35.4 Å². The van der Waals surface area contributed by atoms with Gasteiger partial charge in [-0.15, -0.1) is 0 Å². The van der Waals surface area contributed by atoms with E-state index in [2.05, 4.69) is 19.2 Å². The summed E-state index contributed by atoms with van der Waals surface area (Å²) in [4.78, 5) is 11.0. The number of carboxylic acids is 1. The molecular weight excluding hydrogens is 278 g/mol. The SMILES string of the molecule is CCC(CC)C1CC(NCc2cccc(C(=O)O)c2)CCO1. The maximum atomic E-state index is 11.0. The van der Waals surface area contributed by atoms with Crippen LogP contribution in [0, 0.1) is 5.92 Å². The van der Waals surface area contributed by atoms with Crippen LogP contribution in [-0.4, -0.2) is 29.8 Å². The van der Waals surface area contributed by atoms with Gasteiger partial charge < -0.3 is 15.2 Å². The lowest BCUT2D eigenvalue weighted by molar-refractivity contribution is -0.0350. The predicted octanol–water partition coefficient (Wildman–Crippen LogP) is 3.46. The molecule has 22 heavy (non-hydrogen) atoms. The molecule has 1 aromatic rings. The molecular formula is C18H27NO3. The molecule has 0 radical (unpaired) electrons. The van der Waals surface area contributed by atoms with Crippen molar-refractivity contribution in [2.75, 3.05) is 6.61 Å². The minimum Gasteiger partial charge on any atom is -0.478 e. The van der Waals surface area contributed by atoms with Crippen LogP contribution < -0.4 is 5.32 Å². The van der Waals surface area contributed by atoms with Crippen molar-refractivity contribution in [3.63, 3.8) is 0 Å². The standard InChI is InChI=1S/C18H27NO3/c1-3-14(4-2)17-11-16(8-9-22-17)19-12-13-6-5-7-15(10-13)18(20)21/h5-7,10,14,16-17,19H,3-4,8-9,11-12H2,1-2H3,(H,20,21). The molecule has 1 saturated heterocycles. The van der Waals surface area contributed by atoms with Gasteiger partial charge in [0.25, 0.3) is 0 Å². The van der Waals surface area contributed by atoms with Crippen LogP contribution in [0.25, 0.3) is 0 Å². The Bertz CT molecular complexity index is 485. The molecule has 0 aliphatic carbocycles. The molecule has 122 valence electrons. The first-order chi connectivity index (χ1) is 10.6. The normalized spacial score (nSPS) is 22.0. The highest BCUT2D eigenvalue weighted by molar-refractivity contribution is 5.87. The van der Waals surface area contributed by atoms with Gasteiger partial charge in [0.05, 0.1) is 11.7 Å². The van der Waals surface area contributed by atoms with E-state index in [-0.39, 0.29) is 0 Å². The molecule has 2 atom stereocenters. The highest BCUT2D eigenvalue weighted by Gasteiger charge is 2.27. The summed E-state index contributed by atoms with van der Waals surface area (Å²) in [6.07, 6.45) is 4.75. The minimum absolute atomic E-state index is 0.348. The van der Waals surface area contributed by atoms with Crippen molar-refractivity contribution in [3.8, 4) is 0 Å². The maximum absolute atomic E-state index is 11.0. The summed E-state index contributed by atoms with van der Waals surface area (Å²) in [5.74, 6) is -0.235. The highest BCUT2D eigenvalue weighted by atomic mass is 16.5. The molecule has 2 unspecified atom stereocenters. The van der Waals surface area contributed by atoms with Crippen LogP contribution in [-0.2, 0) is 11.3 Å². The number of nitrogens with one attached hydrogen (secondary N) is 1. The van der Waals surface area contributed by atoms with E-state index in [1.807, 2.05) is 6.07 Å². The van der Waals surface area contributed by atoms with E-state index < -0.39 is 5.97 Å². The molecule has 0 aromatic heterocycles. The number of aromatic carboxylic acids is 1. The summed E-state index contributed by atoms with van der Waals surface area (Å²) in [5, 5.41) is 12.6. The Morgan fingerprint density at radius 1 is 1.41 bits per heavy atom. The van der Waals surface area contributed by atoms with Crippen LogP contribution in [0.5, 0.6) is 0 Å². The average molecular weight is 305 g/mol. The van der Waals surface area contributed by atoms with Gasteiger partial charge in [0.15, 0.2) is 0 Å². The number of carboxylic acid groups (broad SMARTS) is 1. The highest BCUT2D eigenvalue weighted by Crippen LogP contribution is 2.25. The van der Waals surface area contributed by atoms with E-state index >= 15 is 0 Å². The first-order valence-electron chi connectivity index (χ1n) is 8.31. The fourth-order valence-corrected chi connectivity index (χ4v) is 3.23. The van der Waals surface area contributed by atoms with Crippen LogP contribution >= 0.6 is 0 Å². The van der Waals surface area contributed by atoms with Crippen LogP contribution in [0.2, 0.25) is 0 Å². The maximum Gasteiger partial charge on any atom is 0.335 e. The fourth-order valence-electron chi connectivity index (χ4n) is 3.23. The topological polar surface area (TPSA) is 58.6 Å². The van der Waals surface area contributed by atoms with Crippen molar-refractivity contribution in [1.29, 1.82) is 0 Å². The lowest BCUT2D eigenvalue weighted by Gasteiger charge is -2.34. The molecule has 4 nitrogen and oxygen atoms in total. The quantitative estimate of drug-likeness (QED) is 0.810. The molecule has 2 N–H and O–H groups in total. The van der Waals surface area contributed by atoms with E-state index in [0.29, 0.717) is 30.2 Å². The molecule has 0 spiro atoms. The first kappa shape index (κ1) is 17.0. The zero-order chi connectivity index (χ0) is 15.9. The fraction of sp³-hybridized carbons (Fsp3) is 0.611. The number of ether oxygens (including phenoxy) is 1. The third-order valence-electron chi connectivity index (χ3n) is 4.66. The van der Waals surface area contributed by atoms with Gasteiger partial charge in [-0.05, 0) is 36.5 Å². The van der Waals surface area contributed by atoms with E-state index in [0.717, 1.165) is 37.9 Å². The van der Waals surface area contributed by atoms with Crippen LogP contribution in [0.1, 0.15) is 55.5 Å². The van der Waals surface area contributed by atoms with E-state index in [4.69, 9.17) is 9.84 Å². The molecule has 0 saturated carbocycles. The first-order valence-corrected chi connectivity index (χ1v) is 8.31. The van der Waals surface area contributed by atoms with Crippen molar-refractivity contribution in [2.45, 2.75) is 58.2 Å². The smallest absolute Gasteiger partial charge is 0.335 e. The molecule has 1 aliphatic heterocycles. The minimum atomic E-state index is -0.873. The van der Waals surface area contributed by atoms with Crippen molar-refractivity contribution >= 4 is 5.97 Å². The van der Waals surface area contributed by atoms with Gasteiger partial charge >= 0.3 is 5.97 Å². The summed E-state index contributed by atoms with van der Waals surface area (Å²) < 4.78 is 5.94. The predicted molar refractivity (Wildman–Crippen MR) is 87.1 cm³/mol. The Morgan fingerprint density at radius 2 is 2.18 bits per heavy atom. The second-order valence-electron chi connectivity index (χ2n) is 6.09. The average Bonchev–Trinajstić information content (AvgIpc) is 2.55. The number of hydrogen-bond acceptors (Lipinski definition) is 3. The molecule has 1 aromatic carbocycles. The summed E-state index contributed by atoms with van der Waals surface area (Å²) >= 11 is 0. The van der Waals surface area contributed by atoms with Gasteiger partial charge in [0.2, 0.25) is 0 Å². The Hall–Kier alpha value is -1.39.